The average molecular weight is 898 g/mol. The second kappa shape index (κ2) is 18.3. The SMILES string of the molecule is C/C(=N\NS(=O)(=O)c1ccc(C)cc1)c1ccc2c(c1)Nc1ccccc1S2.C=C(c1cccc(N)c1)c1ccc2c(c1)Nc1ccccc1S2.Nc1cccc(Br)c1. The number of nitrogens with two attached hydrogens (primary N) is 2. The Morgan fingerprint density at radius 2 is 1.12 bits per heavy atom. The summed E-state index contributed by atoms with van der Waals surface area (Å²) >= 11 is 6.78. The van der Waals surface area contributed by atoms with E-state index in [1.165, 1.54) is 14.7 Å². The highest BCUT2D eigenvalue weighted by atomic mass is 79.9. The molecule has 2 aliphatic rings. The smallest absolute Gasteiger partial charge is 0.276 e. The van der Waals surface area contributed by atoms with Crippen LogP contribution in [-0.4, -0.2) is 14.1 Å². The van der Waals surface area contributed by atoms with Crippen molar-refractivity contribution in [1.82, 2.24) is 4.83 Å². The number of nitrogen functional groups attached to an aromatic ring is 2. The molecule has 0 amide bonds. The lowest BCUT2D eigenvalue weighted by Crippen LogP contribution is -2.20. The van der Waals surface area contributed by atoms with Gasteiger partial charge in [0.2, 0.25) is 0 Å². The highest BCUT2D eigenvalue weighted by Gasteiger charge is 2.18. The number of anilines is 6. The minimum atomic E-state index is -3.69. The molecular weight excluding hydrogens is 857 g/mol. The summed E-state index contributed by atoms with van der Waals surface area (Å²) in [6, 6.07) is 50.9. The van der Waals surface area contributed by atoms with E-state index in [0.717, 1.165) is 71.3 Å². The largest absolute Gasteiger partial charge is 0.399 e. The molecule has 0 saturated carbocycles. The van der Waals surface area contributed by atoms with E-state index in [1.807, 2.05) is 97.9 Å². The highest BCUT2D eigenvalue weighted by molar-refractivity contribution is 9.10. The van der Waals surface area contributed by atoms with Gasteiger partial charge in [0.25, 0.3) is 10.0 Å². The zero-order valence-corrected chi connectivity index (χ0v) is 36.3. The molecule has 296 valence electrons. The van der Waals surface area contributed by atoms with Gasteiger partial charge < -0.3 is 22.1 Å². The third-order valence-corrected chi connectivity index (χ3v) is 13.2. The summed E-state index contributed by atoms with van der Waals surface area (Å²) in [6.07, 6.45) is 0. The van der Waals surface area contributed by atoms with Crippen LogP contribution >= 0.6 is 39.5 Å². The number of hydrazone groups is 1. The first-order chi connectivity index (χ1) is 28.4. The van der Waals surface area contributed by atoms with Crippen LogP contribution in [0.4, 0.5) is 34.1 Å². The Morgan fingerprint density at radius 3 is 1.68 bits per heavy atom. The molecule has 0 fully saturated rings. The number of aryl methyl sites for hydroxylation is 1. The number of sulfonamides is 1. The van der Waals surface area contributed by atoms with E-state index in [4.69, 9.17) is 11.5 Å². The monoisotopic (exact) mass is 896 g/mol. The van der Waals surface area contributed by atoms with Crippen LogP contribution in [0.2, 0.25) is 0 Å². The molecule has 9 rings (SSSR count). The van der Waals surface area contributed by atoms with Crippen molar-refractivity contribution < 1.29 is 8.42 Å². The van der Waals surface area contributed by atoms with Crippen molar-refractivity contribution in [3.8, 4) is 0 Å². The predicted molar refractivity (Wildman–Crippen MR) is 252 cm³/mol. The van der Waals surface area contributed by atoms with Crippen molar-refractivity contribution >= 4 is 94.9 Å². The van der Waals surface area contributed by atoms with E-state index in [0.29, 0.717) is 5.71 Å². The fourth-order valence-corrected chi connectivity index (χ4v) is 9.26. The van der Waals surface area contributed by atoms with Crippen molar-refractivity contribution in [3.05, 3.63) is 191 Å². The van der Waals surface area contributed by atoms with Gasteiger partial charge in [-0.25, -0.2) is 0 Å². The Hall–Kier alpha value is -5.92. The van der Waals surface area contributed by atoms with Gasteiger partial charge in [0.15, 0.2) is 0 Å². The number of hydrogen-bond donors (Lipinski definition) is 5. The summed E-state index contributed by atoms with van der Waals surface area (Å²) < 4.78 is 25.9. The zero-order valence-electron chi connectivity index (χ0n) is 32.2. The lowest BCUT2D eigenvalue weighted by atomic mass is 9.98. The molecule has 0 saturated heterocycles. The molecule has 7 N–H and O–H groups in total. The van der Waals surface area contributed by atoms with E-state index < -0.39 is 10.0 Å². The summed E-state index contributed by atoms with van der Waals surface area (Å²) in [7, 11) is -3.69. The third-order valence-electron chi connectivity index (χ3n) is 9.23. The van der Waals surface area contributed by atoms with E-state index >= 15 is 0 Å². The number of nitrogens with one attached hydrogen (secondary N) is 3. The minimum Gasteiger partial charge on any atom is -0.399 e. The van der Waals surface area contributed by atoms with Gasteiger partial charge in [-0.15, -0.1) is 0 Å². The molecular formula is C47H41BrN6O2S3. The van der Waals surface area contributed by atoms with E-state index in [1.54, 1.807) is 54.7 Å². The van der Waals surface area contributed by atoms with Crippen LogP contribution < -0.4 is 26.9 Å². The maximum atomic E-state index is 12.4. The average Bonchev–Trinajstić information content (AvgIpc) is 3.24. The van der Waals surface area contributed by atoms with Gasteiger partial charge in [-0.3, -0.25) is 0 Å². The van der Waals surface area contributed by atoms with Gasteiger partial charge >= 0.3 is 0 Å². The molecule has 0 unspecified atom stereocenters. The van der Waals surface area contributed by atoms with Gasteiger partial charge in [0.1, 0.15) is 0 Å². The Kier molecular flexibility index (Phi) is 12.8. The Morgan fingerprint density at radius 1 is 0.610 bits per heavy atom. The topological polar surface area (TPSA) is 135 Å². The number of rotatable bonds is 6. The summed E-state index contributed by atoms with van der Waals surface area (Å²) in [5.41, 5.74) is 22.7. The fourth-order valence-electron chi connectivity index (χ4n) is 6.05. The van der Waals surface area contributed by atoms with E-state index in [2.05, 4.69) is 85.5 Å². The van der Waals surface area contributed by atoms with Crippen LogP contribution in [0.1, 0.15) is 29.2 Å². The zero-order chi connectivity index (χ0) is 41.5. The summed E-state index contributed by atoms with van der Waals surface area (Å²) in [4.78, 5) is 7.30. The first kappa shape index (κ1) is 41.2. The normalized spacial score (nSPS) is 12.2. The Labute approximate surface area is 362 Å². The molecule has 0 spiro atoms. The molecule has 2 aliphatic heterocycles. The van der Waals surface area contributed by atoms with Crippen LogP contribution in [0.5, 0.6) is 0 Å². The lowest BCUT2D eigenvalue weighted by molar-refractivity contribution is 0.584. The van der Waals surface area contributed by atoms with Crippen molar-refractivity contribution in [2.45, 2.75) is 38.3 Å². The number of benzene rings is 7. The van der Waals surface area contributed by atoms with Crippen LogP contribution in [0.3, 0.4) is 0 Å². The molecule has 0 atom stereocenters. The lowest BCUT2D eigenvalue weighted by Gasteiger charge is -2.21. The summed E-state index contributed by atoms with van der Waals surface area (Å²) in [6.45, 7) is 7.93. The number of para-hydroxylation sites is 2. The van der Waals surface area contributed by atoms with Crippen LogP contribution in [-0.2, 0) is 10.0 Å². The molecule has 12 heteroatoms. The molecule has 2 heterocycles. The highest BCUT2D eigenvalue weighted by Crippen LogP contribution is 2.46. The van der Waals surface area contributed by atoms with Crippen LogP contribution in [0.15, 0.2) is 198 Å². The van der Waals surface area contributed by atoms with Crippen molar-refractivity contribution in [2.75, 3.05) is 22.1 Å². The van der Waals surface area contributed by atoms with Crippen LogP contribution in [0.25, 0.3) is 5.57 Å². The molecule has 59 heavy (non-hydrogen) atoms. The molecule has 7 aromatic rings. The number of nitrogens with zero attached hydrogens (tertiary/aromatic N) is 1. The molecule has 8 nitrogen and oxygen atoms in total. The fraction of sp³-hybridized carbons (Fsp3) is 0.0426. The van der Waals surface area contributed by atoms with Crippen molar-refractivity contribution in [3.63, 3.8) is 0 Å². The van der Waals surface area contributed by atoms with Gasteiger partial charge in [-0.05, 0) is 127 Å². The number of fused-ring (bicyclic) bond motifs is 4. The predicted octanol–water partition coefficient (Wildman–Crippen LogP) is 12.5. The maximum Gasteiger partial charge on any atom is 0.276 e. The second-order valence-electron chi connectivity index (χ2n) is 13.6. The molecule has 0 aliphatic carbocycles. The summed E-state index contributed by atoms with van der Waals surface area (Å²) in [5.74, 6) is 0. The number of hydrogen-bond acceptors (Lipinski definition) is 9. The van der Waals surface area contributed by atoms with Crippen LogP contribution in [0, 0.1) is 6.92 Å². The quantitative estimate of drug-likeness (QED) is 0.0633. The van der Waals surface area contributed by atoms with Gasteiger partial charge in [0.05, 0.1) is 33.4 Å². The first-order valence-corrected chi connectivity index (χ1v) is 22.4. The standard InChI is InChI=1S/C21H19N3O2S2.C20H16N2S.C6H6BrN/c1-14-7-10-17(11-8-14)28(25,26)24-23-15(2)16-9-12-21-19(13-16)22-18-5-3-4-6-20(18)27-21;1-13(14-5-4-6-16(21)11-14)15-9-10-20-18(12-15)22-17-7-2-3-8-19(17)23-20;7-5-2-1-3-6(8)4-5/h3-13,22,24H,1-2H3;2-12,22H,1,21H2;1-4H,8H2/b23-15+;;. The Bertz CT molecular complexity index is 2790. The molecule has 0 aromatic heterocycles. The van der Waals surface area contributed by atoms with Crippen molar-refractivity contribution in [2.24, 2.45) is 5.10 Å². The van der Waals surface area contributed by atoms with Crippen molar-refractivity contribution in [1.29, 1.82) is 0 Å². The maximum absolute atomic E-state index is 12.4. The Balaban J connectivity index is 0.000000153. The second-order valence-corrected chi connectivity index (χ2v) is 18.4. The number of halogens is 1. The molecule has 0 radical (unpaired) electrons. The first-order valence-electron chi connectivity index (χ1n) is 18.5. The van der Waals surface area contributed by atoms with Gasteiger partial charge in [-0.2, -0.15) is 18.4 Å². The van der Waals surface area contributed by atoms with E-state index in [9.17, 15) is 8.42 Å². The summed E-state index contributed by atoms with van der Waals surface area (Å²) in [5, 5.41) is 11.0. The van der Waals surface area contributed by atoms with E-state index in [-0.39, 0.29) is 4.90 Å². The van der Waals surface area contributed by atoms with Gasteiger partial charge in [-0.1, -0.05) is 118 Å². The molecule has 7 aromatic carbocycles. The van der Waals surface area contributed by atoms with Gasteiger partial charge in [0, 0.05) is 35.4 Å². The third kappa shape index (κ3) is 10.4. The molecule has 0 bridgehead atoms. The minimum absolute atomic E-state index is 0.190.